The van der Waals surface area contributed by atoms with Gasteiger partial charge in [0.05, 0.1) is 6.61 Å². The van der Waals surface area contributed by atoms with Crippen LogP contribution in [0.5, 0.6) is 0 Å². The molecule has 0 radical (unpaired) electrons. The van der Waals surface area contributed by atoms with Crippen molar-refractivity contribution in [2.24, 2.45) is 5.90 Å². The van der Waals surface area contributed by atoms with E-state index in [-0.39, 0.29) is 0 Å². The number of fused-ring (bicyclic) bond motifs is 1. The molecule has 0 saturated carbocycles. The Kier molecular flexibility index (Phi) is 2.66. The Bertz CT molecular complexity index is 257. The van der Waals surface area contributed by atoms with Crippen LogP contribution < -0.4 is 5.90 Å². The molecule has 3 heteroatoms. The maximum Gasteiger partial charge on any atom is 0.0733 e. The lowest BCUT2D eigenvalue weighted by Gasteiger charge is -2.09. The summed E-state index contributed by atoms with van der Waals surface area (Å²) in [5, 5.41) is 0. The normalized spacial score (nSPS) is 15.8. The van der Waals surface area contributed by atoms with Crippen LogP contribution in [0.25, 0.3) is 0 Å². The fourth-order valence-electron chi connectivity index (χ4n) is 1.97. The van der Waals surface area contributed by atoms with Gasteiger partial charge in [0, 0.05) is 17.8 Å². The number of aromatic amines is 1. The summed E-state index contributed by atoms with van der Waals surface area (Å²) in [4.78, 5) is 7.99. The van der Waals surface area contributed by atoms with Crippen LogP contribution >= 0.6 is 0 Å². The van der Waals surface area contributed by atoms with Crippen molar-refractivity contribution in [1.29, 1.82) is 0 Å². The maximum atomic E-state index is 4.98. The van der Waals surface area contributed by atoms with Gasteiger partial charge in [-0.1, -0.05) is 0 Å². The van der Waals surface area contributed by atoms with E-state index in [2.05, 4.69) is 15.9 Å². The van der Waals surface area contributed by atoms with Crippen LogP contribution in [0.15, 0.2) is 6.07 Å². The van der Waals surface area contributed by atoms with Crippen molar-refractivity contribution in [2.75, 3.05) is 6.61 Å². The van der Waals surface area contributed by atoms with Gasteiger partial charge in [0.1, 0.15) is 0 Å². The average Bonchev–Trinajstić information content (AvgIpc) is 2.57. The number of aromatic nitrogens is 1. The molecule has 0 amide bonds. The van der Waals surface area contributed by atoms with Crippen molar-refractivity contribution in [2.45, 2.75) is 32.1 Å². The molecule has 1 aromatic heterocycles. The molecule has 0 unspecified atom stereocenters. The first-order valence-electron chi connectivity index (χ1n) is 4.91. The van der Waals surface area contributed by atoms with Crippen LogP contribution in [0.2, 0.25) is 0 Å². The minimum absolute atomic E-state index is 0.597. The van der Waals surface area contributed by atoms with E-state index in [9.17, 15) is 0 Å². The summed E-state index contributed by atoms with van der Waals surface area (Å²) in [7, 11) is 0. The zero-order chi connectivity index (χ0) is 9.10. The van der Waals surface area contributed by atoms with Gasteiger partial charge in [0.2, 0.25) is 0 Å². The Labute approximate surface area is 78.2 Å². The monoisotopic (exact) mass is 180 g/mol. The molecule has 3 N–H and O–H groups in total. The highest BCUT2D eigenvalue weighted by atomic mass is 16.6. The van der Waals surface area contributed by atoms with Crippen LogP contribution in [-0.4, -0.2) is 11.6 Å². The number of nitrogens with one attached hydrogen (secondary N) is 1. The quantitative estimate of drug-likeness (QED) is 0.689. The highest BCUT2D eigenvalue weighted by molar-refractivity contribution is 5.28. The first-order valence-corrected chi connectivity index (χ1v) is 4.91. The lowest BCUT2D eigenvalue weighted by atomic mass is 9.98. The molecule has 0 aliphatic heterocycles. The standard InChI is InChI=1S/C10H16N2O/c11-13-6-5-9-7-8-3-1-2-4-10(8)12-9/h7,12H,1-6,11H2. The highest BCUT2D eigenvalue weighted by Crippen LogP contribution is 2.21. The highest BCUT2D eigenvalue weighted by Gasteiger charge is 2.11. The van der Waals surface area contributed by atoms with Crippen molar-refractivity contribution in [3.63, 3.8) is 0 Å². The lowest BCUT2D eigenvalue weighted by molar-refractivity contribution is 0.140. The van der Waals surface area contributed by atoms with Crippen LogP contribution in [0.1, 0.15) is 29.8 Å². The molecule has 13 heavy (non-hydrogen) atoms. The van der Waals surface area contributed by atoms with Crippen molar-refractivity contribution >= 4 is 0 Å². The summed E-state index contributed by atoms with van der Waals surface area (Å²) in [6.07, 6.45) is 5.98. The fraction of sp³-hybridized carbons (Fsp3) is 0.600. The van der Waals surface area contributed by atoms with Gasteiger partial charge in [-0.25, -0.2) is 5.90 Å². The lowest BCUT2D eigenvalue weighted by Crippen LogP contribution is -2.03. The number of H-pyrrole nitrogens is 1. The molecule has 1 aliphatic rings. The van der Waals surface area contributed by atoms with E-state index >= 15 is 0 Å². The summed E-state index contributed by atoms with van der Waals surface area (Å²) < 4.78 is 0. The molecule has 2 rings (SSSR count). The predicted octanol–water partition coefficient (Wildman–Crippen LogP) is 1.33. The van der Waals surface area contributed by atoms with E-state index in [1.54, 1.807) is 0 Å². The van der Waals surface area contributed by atoms with Crippen LogP contribution in [0.3, 0.4) is 0 Å². The Morgan fingerprint density at radius 1 is 1.38 bits per heavy atom. The van der Waals surface area contributed by atoms with E-state index in [0.29, 0.717) is 6.61 Å². The summed E-state index contributed by atoms with van der Waals surface area (Å²) in [5.41, 5.74) is 4.19. The minimum atomic E-state index is 0.597. The second-order valence-electron chi connectivity index (χ2n) is 3.63. The second-order valence-corrected chi connectivity index (χ2v) is 3.63. The molecular formula is C10H16N2O. The van der Waals surface area contributed by atoms with Crippen molar-refractivity contribution in [1.82, 2.24) is 4.98 Å². The molecule has 1 heterocycles. The SMILES string of the molecule is NOCCc1cc2c([nH]1)CCCC2. The Morgan fingerprint density at radius 3 is 3.00 bits per heavy atom. The first-order chi connectivity index (χ1) is 6.40. The molecule has 0 spiro atoms. The Morgan fingerprint density at radius 2 is 2.23 bits per heavy atom. The minimum Gasteiger partial charge on any atom is -0.362 e. The summed E-state index contributed by atoms with van der Waals surface area (Å²) >= 11 is 0. The first kappa shape index (κ1) is 8.78. The van der Waals surface area contributed by atoms with Crippen LogP contribution in [0, 0.1) is 0 Å². The topological polar surface area (TPSA) is 51.0 Å². The second kappa shape index (κ2) is 3.94. The third-order valence-corrected chi connectivity index (χ3v) is 2.66. The van der Waals surface area contributed by atoms with Crippen molar-refractivity contribution in [3.05, 3.63) is 23.0 Å². The van der Waals surface area contributed by atoms with E-state index < -0.39 is 0 Å². The summed E-state index contributed by atoms with van der Waals surface area (Å²) in [6.45, 7) is 0.597. The van der Waals surface area contributed by atoms with Crippen LogP contribution in [-0.2, 0) is 24.1 Å². The third-order valence-electron chi connectivity index (χ3n) is 2.66. The molecular weight excluding hydrogens is 164 g/mol. The molecule has 1 aliphatic carbocycles. The van der Waals surface area contributed by atoms with Gasteiger partial charge in [-0.3, -0.25) is 0 Å². The molecule has 0 bridgehead atoms. The van der Waals surface area contributed by atoms with Gasteiger partial charge < -0.3 is 9.82 Å². The number of aryl methyl sites for hydroxylation is 2. The predicted molar refractivity (Wildman–Crippen MR) is 51.3 cm³/mol. The molecule has 0 fully saturated rings. The Balaban J connectivity index is 2.07. The number of hydrogen-bond donors (Lipinski definition) is 2. The molecule has 72 valence electrons. The molecule has 0 atom stereocenters. The smallest absolute Gasteiger partial charge is 0.0733 e. The van der Waals surface area contributed by atoms with E-state index in [0.717, 1.165) is 6.42 Å². The zero-order valence-electron chi connectivity index (χ0n) is 7.81. The van der Waals surface area contributed by atoms with Gasteiger partial charge >= 0.3 is 0 Å². The van der Waals surface area contributed by atoms with Gasteiger partial charge in [0.25, 0.3) is 0 Å². The molecule has 3 nitrogen and oxygen atoms in total. The van der Waals surface area contributed by atoms with E-state index in [1.807, 2.05) is 0 Å². The number of nitrogens with two attached hydrogens (primary N) is 1. The van der Waals surface area contributed by atoms with Gasteiger partial charge in [-0.2, -0.15) is 0 Å². The molecule has 0 aromatic carbocycles. The third kappa shape index (κ3) is 1.92. The van der Waals surface area contributed by atoms with E-state index in [1.165, 1.54) is 42.6 Å². The maximum absolute atomic E-state index is 4.98. The van der Waals surface area contributed by atoms with Gasteiger partial charge in [0.15, 0.2) is 0 Å². The van der Waals surface area contributed by atoms with E-state index in [4.69, 9.17) is 5.90 Å². The Hall–Kier alpha value is -0.800. The average molecular weight is 180 g/mol. The summed E-state index contributed by atoms with van der Waals surface area (Å²) in [5.74, 6) is 4.98. The largest absolute Gasteiger partial charge is 0.362 e. The van der Waals surface area contributed by atoms with Gasteiger partial charge in [-0.15, -0.1) is 0 Å². The fourth-order valence-corrected chi connectivity index (χ4v) is 1.97. The van der Waals surface area contributed by atoms with Gasteiger partial charge in [-0.05, 0) is 37.3 Å². The summed E-state index contributed by atoms with van der Waals surface area (Å²) in [6, 6.07) is 2.26. The number of rotatable bonds is 3. The van der Waals surface area contributed by atoms with Crippen molar-refractivity contribution in [3.8, 4) is 0 Å². The number of hydrogen-bond acceptors (Lipinski definition) is 2. The molecule has 0 saturated heterocycles. The van der Waals surface area contributed by atoms with Crippen LogP contribution in [0.4, 0.5) is 0 Å². The zero-order valence-corrected chi connectivity index (χ0v) is 7.81. The van der Waals surface area contributed by atoms with Crippen molar-refractivity contribution < 1.29 is 4.84 Å². The molecule has 1 aromatic rings.